The van der Waals surface area contributed by atoms with Crippen molar-refractivity contribution in [3.05, 3.63) is 498 Å². The van der Waals surface area contributed by atoms with Gasteiger partial charge in [-0.1, -0.05) is 261 Å². The molecule has 0 N–H and O–H groups in total. The number of benzene rings is 20. The summed E-state index contributed by atoms with van der Waals surface area (Å²) in [5.41, 5.74) is 27.1. The Hall–Kier alpha value is -17.2. The number of para-hydroxylation sites is 8. The Morgan fingerprint density at radius 1 is 0.168 bits per heavy atom. The highest BCUT2D eigenvalue weighted by Gasteiger charge is 2.24. The fourth-order valence-electron chi connectivity index (χ4n) is 20.0. The van der Waals surface area contributed by atoms with Gasteiger partial charge in [-0.3, -0.25) is 0 Å². The minimum atomic E-state index is 1.11. The summed E-state index contributed by atoms with van der Waals surface area (Å²) in [5.74, 6) is 0. The second-order valence-corrected chi connectivity index (χ2v) is 34.7. The van der Waals surface area contributed by atoms with Crippen molar-refractivity contribution in [2.24, 2.45) is 0 Å². The van der Waals surface area contributed by atoms with Gasteiger partial charge in [0.05, 0.1) is 49.7 Å². The van der Waals surface area contributed by atoms with E-state index in [1.807, 2.05) is 11.3 Å². The van der Waals surface area contributed by atoms with Crippen LogP contribution in [0.3, 0.4) is 0 Å². The van der Waals surface area contributed by atoms with Crippen LogP contribution < -0.4 is 9.80 Å². The summed E-state index contributed by atoms with van der Waals surface area (Å²) >= 11 is 1.88. The third-order valence-electron chi connectivity index (χ3n) is 26.1. The molecule has 20 aromatic carbocycles. The number of hydrogen-bond acceptors (Lipinski definition) is 3. The lowest BCUT2D eigenvalue weighted by Crippen LogP contribution is -2.10. The first-order valence-electron chi connectivity index (χ1n) is 44.7. The molecule has 9 heteroatoms. The minimum Gasteiger partial charge on any atom is -0.317 e. The van der Waals surface area contributed by atoms with Crippen LogP contribution in [0.4, 0.5) is 34.1 Å². The van der Waals surface area contributed by atoms with Gasteiger partial charge in [-0.15, -0.1) is 11.3 Å². The third kappa shape index (κ3) is 13.4. The maximum absolute atomic E-state index is 2.41. The standard InChI is InChI=1S/2C42H29N3.C38H24N2S/c1-3-14-33(15-4-1)43-25-24-32-27-42-39(29-41(32)43)38-20-9-10-21-40(38)45(42)36-19-11-18-35(28-36)44(34-16-5-2-6-17-34)37-23-22-30-12-7-8-13-31(30)26-37;1-3-13-33(14-4-1)43-26-25-32-28-42-39(29-41(32)43)38-17-9-10-18-40(38)45(42)36-23-21-35(22-24-36)44(34-15-5-2-6-16-34)37-20-19-30-11-7-8-12-31(30)27-37;1-2-9-27(10-3-1)39-22-21-26-23-36-33(24-35(26)39)30-11-4-6-15-34(30)40(36)28-19-17-25(18-20-28)29-13-8-14-32-31-12-5-7-16-37(31)41-38(29)32/h2*1-29H;1-24H. The zero-order chi connectivity index (χ0) is 86.4. The maximum atomic E-state index is 2.41. The molecule has 7 aromatic heterocycles. The highest BCUT2D eigenvalue weighted by molar-refractivity contribution is 7.26. The van der Waals surface area contributed by atoms with Crippen LogP contribution in [-0.4, -0.2) is 27.4 Å². The second-order valence-electron chi connectivity index (χ2n) is 33.7. The van der Waals surface area contributed by atoms with Crippen LogP contribution in [0, 0.1) is 0 Å². The molecular weight excluding hydrogens is 1610 g/mol. The summed E-state index contributed by atoms with van der Waals surface area (Å²) in [6.07, 6.45) is 6.52. The van der Waals surface area contributed by atoms with E-state index in [1.165, 1.54) is 168 Å². The quantitative estimate of drug-likeness (QED) is 0.115. The van der Waals surface area contributed by atoms with Crippen molar-refractivity contribution < 1.29 is 0 Å². The van der Waals surface area contributed by atoms with Gasteiger partial charge < -0.3 is 37.2 Å². The monoisotopic (exact) mass is 1690 g/mol. The highest BCUT2D eigenvalue weighted by Crippen LogP contribution is 2.46. The van der Waals surface area contributed by atoms with Gasteiger partial charge in [0.25, 0.3) is 0 Å². The van der Waals surface area contributed by atoms with Crippen LogP contribution in [0.2, 0.25) is 0 Å². The van der Waals surface area contributed by atoms with Crippen LogP contribution >= 0.6 is 11.3 Å². The first-order chi connectivity index (χ1) is 65.0. The molecule has 0 atom stereocenters. The molecule has 0 saturated heterocycles. The van der Waals surface area contributed by atoms with E-state index in [2.05, 4.69) is 535 Å². The number of fused-ring (bicyclic) bond motifs is 17. The average molecular weight is 1690 g/mol. The number of rotatable bonds is 13. The maximum Gasteiger partial charge on any atom is 0.0548 e. The number of anilines is 6. The molecule has 131 heavy (non-hydrogen) atoms. The lowest BCUT2D eigenvalue weighted by Gasteiger charge is -2.26. The zero-order valence-electron chi connectivity index (χ0n) is 71.3. The molecule has 0 amide bonds. The van der Waals surface area contributed by atoms with Crippen molar-refractivity contribution in [2.45, 2.75) is 0 Å². The van der Waals surface area contributed by atoms with Gasteiger partial charge in [0, 0.05) is 155 Å². The van der Waals surface area contributed by atoms with Gasteiger partial charge in [-0.2, -0.15) is 0 Å². The second kappa shape index (κ2) is 32.0. The Morgan fingerprint density at radius 3 is 0.954 bits per heavy atom. The molecule has 0 fully saturated rings. The van der Waals surface area contributed by atoms with Crippen molar-refractivity contribution in [1.29, 1.82) is 0 Å². The van der Waals surface area contributed by atoms with Crippen molar-refractivity contribution in [1.82, 2.24) is 27.4 Å². The summed E-state index contributed by atoms with van der Waals surface area (Å²) < 4.78 is 16.8. The van der Waals surface area contributed by atoms with Crippen molar-refractivity contribution in [2.75, 3.05) is 9.80 Å². The molecule has 0 aliphatic rings. The fraction of sp³-hybridized carbons (Fsp3) is 0. The van der Waals surface area contributed by atoms with E-state index in [0.29, 0.717) is 0 Å². The Kier molecular flexibility index (Phi) is 18.6. The molecule has 0 saturated carbocycles. The summed E-state index contributed by atoms with van der Waals surface area (Å²) in [6.45, 7) is 0. The van der Waals surface area contributed by atoms with E-state index in [4.69, 9.17) is 0 Å². The average Bonchev–Trinajstić information content (AvgIpc) is 1.57. The summed E-state index contributed by atoms with van der Waals surface area (Å²) in [6, 6.07) is 173. The first-order valence-corrected chi connectivity index (χ1v) is 45.5. The molecule has 0 radical (unpaired) electrons. The Bertz CT molecular complexity index is 9030. The van der Waals surface area contributed by atoms with Crippen LogP contribution in [-0.2, 0) is 0 Å². The zero-order valence-corrected chi connectivity index (χ0v) is 72.1. The van der Waals surface area contributed by atoms with Gasteiger partial charge in [-0.25, -0.2) is 0 Å². The lowest BCUT2D eigenvalue weighted by atomic mass is 10.0. The van der Waals surface area contributed by atoms with Gasteiger partial charge >= 0.3 is 0 Å². The molecule has 0 aliphatic heterocycles. The topological polar surface area (TPSA) is 36.1 Å². The number of aromatic nitrogens is 6. The van der Waals surface area contributed by atoms with Crippen LogP contribution in [0.15, 0.2) is 498 Å². The van der Waals surface area contributed by atoms with Crippen LogP contribution in [0.25, 0.3) is 185 Å². The third-order valence-corrected chi connectivity index (χ3v) is 27.3. The minimum absolute atomic E-state index is 1.11. The van der Waals surface area contributed by atoms with Gasteiger partial charge in [0.1, 0.15) is 0 Å². The van der Waals surface area contributed by atoms with Crippen LogP contribution in [0.1, 0.15) is 0 Å². The molecule has 0 spiro atoms. The van der Waals surface area contributed by atoms with E-state index in [1.54, 1.807) is 0 Å². The summed E-state index contributed by atoms with van der Waals surface area (Å²) in [5, 5.41) is 18.8. The van der Waals surface area contributed by atoms with E-state index < -0.39 is 0 Å². The first kappa shape index (κ1) is 76.2. The molecule has 8 nitrogen and oxygen atoms in total. The van der Waals surface area contributed by atoms with E-state index in [-0.39, 0.29) is 0 Å². The van der Waals surface area contributed by atoms with Crippen molar-refractivity contribution in [3.8, 4) is 45.3 Å². The number of nitrogens with zero attached hydrogens (tertiary/aromatic N) is 8. The molecule has 0 unspecified atom stereocenters. The van der Waals surface area contributed by atoms with Crippen molar-refractivity contribution >= 4 is 185 Å². The predicted molar refractivity (Wildman–Crippen MR) is 556 cm³/mol. The summed E-state index contributed by atoms with van der Waals surface area (Å²) in [7, 11) is 0. The van der Waals surface area contributed by atoms with Gasteiger partial charge in [-0.05, 0) is 251 Å². The molecule has 0 bridgehead atoms. The number of thiophene rings is 1. The summed E-state index contributed by atoms with van der Waals surface area (Å²) in [4.78, 5) is 4.68. The van der Waals surface area contributed by atoms with E-state index in [9.17, 15) is 0 Å². The van der Waals surface area contributed by atoms with E-state index in [0.717, 1.165) is 51.2 Å². The van der Waals surface area contributed by atoms with Crippen molar-refractivity contribution in [3.63, 3.8) is 0 Å². The molecule has 616 valence electrons. The molecule has 27 rings (SSSR count). The Morgan fingerprint density at radius 2 is 0.496 bits per heavy atom. The molecule has 7 heterocycles. The van der Waals surface area contributed by atoms with E-state index >= 15 is 0 Å². The normalized spacial score (nSPS) is 11.7. The largest absolute Gasteiger partial charge is 0.317 e. The van der Waals surface area contributed by atoms with Crippen LogP contribution in [0.5, 0.6) is 0 Å². The molecule has 0 aliphatic carbocycles. The molecule has 27 aromatic rings. The highest BCUT2D eigenvalue weighted by atomic mass is 32.1. The van der Waals surface area contributed by atoms with Gasteiger partial charge in [0.2, 0.25) is 0 Å². The molecular formula is C122H82N8S. The van der Waals surface area contributed by atoms with Gasteiger partial charge in [0.15, 0.2) is 0 Å². The fourth-order valence-corrected chi connectivity index (χ4v) is 21.3. The predicted octanol–water partition coefficient (Wildman–Crippen LogP) is 33.5. The number of hydrogen-bond donors (Lipinski definition) is 0. The Balaban J connectivity index is 0.000000106. The Labute approximate surface area is 760 Å². The smallest absolute Gasteiger partial charge is 0.0548 e. The lowest BCUT2D eigenvalue weighted by molar-refractivity contribution is 1.13. The SMILES string of the molecule is c1ccc(-n2ccc3cc4c(cc32)c2ccccc2n4-c2ccc(-c3cccc4c3sc3ccccc34)cc2)cc1.c1ccc(N(c2ccc(-n3c4ccccc4c4cc5c(ccn5-c5ccccc5)cc43)cc2)c2ccc3ccccc3c2)cc1.c1ccc(N(c2cccc(-n3c4ccccc4c4cc5c(ccn5-c5ccccc5)cc43)c2)c2ccc3ccccc3c2)cc1.